The smallest absolute Gasteiger partial charge is 0.412 e. The van der Waals surface area contributed by atoms with Gasteiger partial charge in [0.15, 0.2) is 58.6 Å². The van der Waals surface area contributed by atoms with Crippen LogP contribution in [0.4, 0.5) is 10.5 Å². The number of phenolic OH excluding ortho intramolecular Hbond substituents is 1. The second-order valence-corrected chi connectivity index (χ2v) is 33.2. The van der Waals surface area contributed by atoms with Gasteiger partial charge in [-0.3, -0.25) is 19.7 Å². The van der Waals surface area contributed by atoms with E-state index in [1.807, 2.05) is 72.8 Å². The predicted octanol–water partition coefficient (Wildman–Crippen LogP) is 10.3. The number of benzene rings is 6. The lowest BCUT2D eigenvalue weighted by Gasteiger charge is -2.46. The number of aliphatic hydroxyl groups is 5. The number of allylic oxidation sites excluding steroid dienone is 2. The molecule has 30 nitrogen and oxygen atoms in total. The van der Waals surface area contributed by atoms with Crippen LogP contribution in [-0.2, 0) is 107 Å². The summed E-state index contributed by atoms with van der Waals surface area (Å²) in [6, 6.07) is 25.7. The van der Waals surface area contributed by atoms with Gasteiger partial charge in [-0.2, -0.15) is 0 Å². The first-order valence-corrected chi connectivity index (χ1v) is 42.7. The summed E-state index contributed by atoms with van der Waals surface area (Å²) in [5.41, 5.74) is 9.77. The van der Waals surface area contributed by atoms with E-state index < -0.39 is 103 Å². The summed E-state index contributed by atoms with van der Waals surface area (Å²) in [6.07, 6.45) is 9.78. The maximum absolute atomic E-state index is 13.6. The molecular formula is C93H109NO29. The molecule has 0 saturated carbocycles. The Bertz CT molecular complexity index is 4770. The molecule has 4 aliphatic carbocycles. The van der Waals surface area contributed by atoms with Crippen LogP contribution in [0.15, 0.2) is 109 Å². The van der Waals surface area contributed by atoms with Crippen molar-refractivity contribution in [1.29, 1.82) is 0 Å². The highest BCUT2D eigenvalue weighted by molar-refractivity contribution is 5.85. The van der Waals surface area contributed by atoms with Gasteiger partial charge < -0.3 is 121 Å². The number of carbonyl (C=O) groups is 4. The molecule has 6 aromatic carbocycles. The van der Waals surface area contributed by atoms with Gasteiger partial charge in [0.25, 0.3) is 0 Å². The Morgan fingerprint density at radius 3 is 1.46 bits per heavy atom. The standard InChI is InChI=1S/C46H53NO14.C30H34O12.C17H22O3/c1-24-54-22-37-44(59-24)41(49)40(48)33(61-37)19-32-30-15-27-21-56-45(50)39(27)38(31(30)18-36-42(32)58-23-57-36)26-16-34(52-2)43(35(17-26)53-3)55-20-25-11-13-28(14-12-25)47-46(51)60-29-9-7-5-4-6-8-10-29;1-12-37-10-22-29(41-12)27(33)26(32)20(42-22)8-17-15-4-14-9-38-30(34)24(14)23(16(15)7-21-28(17)40-11-39-21)13-5-18(35-2)25(31)19(6-13)36-3;18-13-15-10-8-14(9-11-15)12-17(19)20-16-6-4-2-1-3-5-7-16/h7,9,11-14,16-18,24,27,29,33,37-41,44,48-49H,4-6,8,10,15,19-23H2,1-3H3,(H,47,51);5-7,12,14,20,22-24,26-27,29,31-33H,4,8-11H2,1-3H3;4,6,8-11,16,18H,1-3,5,7,12-13H2/b9-7+;;6-4+/t24?,27-,29?,33-,37+,38+,39?,40-,41+,44+;12?,14-,20-,22+,23+,24?,26-,27+,29+;/m00./s1. The molecule has 6 unspecified atom stereocenters. The number of nitrogens with one attached hydrogen (secondary N) is 1. The van der Waals surface area contributed by atoms with E-state index in [0.717, 1.165) is 107 Å². The van der Waals surface area contributed by atoms with Gasteiger partial charge in [0, 0.05) is 53.3 Å². The summed E-state index contributed by atoms with van der Waals surface area (Å²) in [6.45, 7) is 4.64. The van der Waals surface area contributed by atoms with E-state index in [-0.39, 0.29) is 132 Å². The Labute approximate surface area is 712 Å². The number of amides is 1. The van der Waals surface area contributed by atoms with Crippen LogP contribution in [0.5, 0.6) is 57.5 Å². The van der Waals surface area contributed by atoms with Crippen LogP contribution in [0.25, 0.3) is 0 Å². The number of aliphatic hydroxyl groups excluding tert-OH is 5. The summed E-state index contributed by atoms with van der Waals surface area (Å²) in [5, 5.41) is 67.0. The van der Waals surface area contributed by atoms with Gasteiger partial charge in [-0.1, -0.05) is 61.4 Å². The highest BCUT2D eigenvalue weighted by Crippen LogP contribution is 2.57. The minimum Gasteiger partial charge on any atom is -0.502 e. The van der Waals surface area contributed by atoms with Gasteiger partial charge in [0.2, 0.25) is 25.1 Å². The zero-order chi connectivity index (χ0) is 85.7. The monoisotopic (exact) mass is 1700 g/mol. The third-order valence-electron chi connectivity index (χ3n) is 25.5. The lowest BCUT2D eigenvalue weighted by Crippen LogP contribution is -2.62. The van der Waals surface area contributed by atoms with Crippen LogP contribution in [0, 0.1) is 23.7 Å². The van der Waals surface area contributed by atoms with Gasteiger partial charge >= 0.3 is 24.0 Å². The average molecular weight is 1700 g/mol. The molecule has 123 heavy (non-hydrogen) atoms. The van der Waals surface area contributed by atoms with Crippen LogP contribution >= 0.6 is 0 Å². The molecule has 7 N–H and O–H groups in total. The summed E-state index contributed by atoms with van der Waals surface area (Å²) in [4.78, 5) is 51.3. The number of fused-ring (bicyclic) bond motifs is 8. The minimum atomic E-state index is -1.25. The summed E-state index contributed by atoms with van der Waals surface area (Å²) in [7, 11) is 6.00. The molecule has 20 atom stereocenters. The fraction of sp³-hybridized carbons (Fsp3) is 0.527. The summed E-state index contributed by atoms with van der Waals surface area (Å²) >= 11 is 0. The molecule has 0 radical (unpaired) electrons. The van der Waals surface area contributed by atoms with E-state index in [1.165, 1.54) is 27.1 Å². The first-order valence-electron chi connectivity index (χ1n) is 42.7. The van der Waals surface area contributed by atoms with Crippen LogP contribution < -0.4 is 47.9 Å². The van der Waals surface area contributed by atoms with Crippen LogP contribution in [0.2, 0.25) is 0 Å². The lowest BCUT2D eigenvalue weighted by molar-refractivity contribution is -0.320. The third kappa shape index (κ3) is 18.7. The van der Waals surface area contributed by atoms with Crippen molar-refractivity contribution < 1.29 is 140 Å². The molecule has 660 valence electrons. The maximum Gasteiger partial charge on any atom is 0.412 e. The molecule has 0 aromatic heterocycles. The van der Waals surface area contributed by atoms with Crippen molar-refractivity contribution in [2.24, 2.45) is 23.7 Å². The second kappa shape index (κ2) is 38.7. The average Bonchev–Trinajstić information content (AvgIpc) is 1.66. The van der Waals surface area contributed by atoms with Crippen molar-refractivity contribution in [3.8, 4) is 57.5 Å². The number of phenols is 1. The summed E-state index contributed by atoms with van der Waals surface area (Å²) in [5.74, 6) is 0.553. The fourth-order valence-electron chi connectivity index (χ4n) is 19.2. The van der Waals surface area contributed by atoms with Crippen molar-refractivity contribution in [2.45, 2.75) is 221 Å². The van der Waals surface area contributed by atoms with Crippen molar-refractivity contribution in [2.75, 3.05) is 73.8 Å². The quantitative estimate of drug-likeness (QED) is 0.0225. The van der Waals surface area contributed by atoms with E-state index in [4.69, 9.17) is 95.1 Å². The number of anilines is 1. The number of hydrogen-bond acceptors (Lipinski definition) is 29. The zero-order valence-corrected chi connectivity index (χ0v) is 69.8. The third-order valence-corrected chi connectivity index (χ3v) is 25.5. The molecule has 30 heteroatoms. The SMILES string of the molecule is COc1cc([C@@H]2c3cc4c(c(C[C@@H]5O[C@@H]6COC(C)O[C@H]6[C@H](O)[C@H]5O)c3C[C@H]3COC(=O)C32)OCO4)cc(OC)c1O.COc1cc([C@@H]2c3cc4c(c(C[C@@H]5O[C@@H]6COC(C)O[C@H]6[C@H](O)[C@H]5O)c3C[C@H]3COC(=O)C32)OCO4)cc(OC)c1OCc1ccc(NC(=O)OC2/C=C/CCCCC2)cc1.O=C(Cc1ccc(CO)cc1)OC1/C=C/CCCCC1. The first kappa shape index (κ1) is 86.6. The lowest BCUT2D eigenvalue weighted by atomic mass is 9.66. The van der Waals surface area contributed by atoms with Crippen molar-refractivity contribution >= 4 is 29.7 Å². The Balaban J connectivity index is 0.000000155. The highest BCUT2D eigenvalue weighted by Gasteiger charge is 2.55. The largest absolute Gasteiger partial charge is 0.502 e. The second-order valence-electron chi connectivity index (χ2n) is 33.2. The van der Waals surface area contributed by atoms with Crippen LogP contribution in [0.3, 0.4) is 0 Å². The number of cyclic esters (lactones) is 2. The van der Waals surface area contributed by atoms with Crippen LogP contribution in [-0.4, -0.2) is 209 Å². The predicted molar refractivity (Wildman–Crippen MR) is 437 cm³/mol. The number of carbonyl (C=O) groups excluding carboxylic acids is 4. The molecule has 0 spiro atoms. The van der Waals surface area contributed by atoms with Gasteiger partial charge in [-0.05, 0) is 189 Å². The van der Waals surface area contributed by atoms with Crippen molar-refractivity contribution in [3.63, 3.8) is 0 Å². The van der Waals surface area contributed by atoms with Gasteiger partial charge in [-0.25, -0.2) is 4.79 Å². The van der Waals surface area contributed by atoms with Crippen LogP contribution in [0.1, 0.15) is 151 Å². The molecule has 6 saturated heterocycles. The summed E-state index contributed by atoms with van der Waals surface area (Å²) < 4.78 is 111. The number of methoxy groups -OCH3 is 4. The fourth-order valence-corrected chi connectivity index (χ4v) is 19.2. The molecule has 6 aromatic rings. The number of aromatic hydroxyl groups is 1. The number of rotatable bonds is 19. The first-order chi connectivity index (χ1) is 59.7. The van der Waals surface area contributed by atoms with Crippen molar-refractivity contribution in [1.82, 2.24) is 0 Å². The molecule has 0 bridgehead atoms. The minimum absolute atomic E-state index is 0.00343. The Kier molecular flexibility index (Phi) is 27.2. The number of esters is 3. The molecule has 1 amide bonds. The zero-order valence-electron chi connectivity index (χ0n) is 69.8. The number of ether oxygens (including phenoxy) is 19. The topological polar surface area (TPSA) is 377 Å². The molecule has 6 fully saturated rings. The Hall–Kier alpha value is -9.96. The van der Waals surface area contributed by atoms with E-state index in [9.17, 15) is 44.7 Å². The van der Waals surface area contributed by atoms with Crippen molar-refractivity contribution in [3.05, 3.63) is 170 Å². The normalized spacial score (nSPS) is 30.4. The maximum atomic E-state index is 13.6. The highest BCUT2D eigenvalue weighted by atomic mass is 16.7. The van der Waals surface area contributed by atoms with E-state index in [1.54, 1.807) is 52.3 Å². The molecular weight excluding hydrogens is 1600 g/mol. The Morgan fingerprint density at radius 2 is 0.976 bits per heavy atom. The number of hydrogen-bond donors (Lipinski definition) is 7. The van der Waals surface area contributed by atoms with Gasteiger partial charge in [0.1, 0.15) is 67.6 Å². The van der Waals surface area contributed by atoms with E-state index in [2.05, 4.69) is 17.5 Å². The van der Waals surface area contributed by atoms with Gasteiger partial charge in [-0.15, -0.1) is 0 Å². The molecule has 12 aliphatic rings. The van der Waals surface area contributed by atoms with E-state index >= 15 is 0 Å². The molecule has 18 rings (SSSR count). The Morgan fingerprint density at radius 1 is 0.512 bits per heavy atom. The van der Waals surface area contributed by atoms with E-state index in [0.29, 0.717) is 64.3 Å². The molecule has 8 aliphatic heterocycles. The molecule has 8 heterocycles. The van der Waals surface area contributed by atoms with Gasteiger partial charge in [0.05, 0.1) is 91.9 Å².